The average Bonchev–Trinajstić information content (AvgIpc) is 2.59. The highest BCUT2D eigenvalue weighted by molar-refractivity contribution is 6.24. The van der Waals surface area contributed by atoms with E-state index in [0.29, 0.717) is 0 Å². The summed E-state index contributed by atoms with van der Waals surface area (Å²) in [5.41, 5.74) is 0.940. The molecule has 0 spiro atoms. The summed E-state index contributed by atoms with van der Waals surface area (Å²) in [4.78, 5) is 0. The molecule has 0 fully saturated rings. The number of ether oxygens (including phenoxy) is 1. The van der Waals surface area contributed by atoms with Crippen LogP contribution >= 0.6 is 0 Å². The van der Waals surface area contributed by atoms with E-state index in [1.165, 1.54) is 32.4 Å². The Morgan fingerprint density at radius 1 is 0.667 bits per heavy atom. The Hall–Kier alpha value is -2.61. The summed E-state index contributed by atoms with van der Waals surface area (Å²) in [6, 6.07) is 19.5. The van der Waals surface area contributed by atoms with Gasteiger partial charge < -0.3 is 4.74 Å². The van der Waals surface area contributed by atoms with Gasteiger partial charge in [0.1, 0.15) is 11.4 Å². The summed E-state index contributed by atoms with van der Waals surface area (Å²) in [5, 5.41) is 6.25. The van der Waals surface area contributed by atoms with Crippen molar-refractivity contribution in [1.82, 2.24) is 0 Å². The zero-order valence-electron chi connectivity index (χ0n) is 17.1. The molecule has 0 unspecified atom stereocenters. The maximum atomic E-state index is 6.43. The van der Waals surface area contributed by atoms with E-state index in [2.05, 4.69) is 107 Å². The number of rotatable bonds is 1. The monoisotopic (exact) mass is 358 g/mol. The van der Waals surface area contributed by atoms with Crippen molar-refractivity contribution in [2.45, 2.75) is 52.7 Å². The van der Waals surface area contributed by atoms with Crippen LogP contribution in [0.3, 0.4) is 0 Å². The van der Waals surface area contributed by atoms with Crippen LogP contribution in [-0.2, 0) is 5.54 Å². The van der Waals surface area contributed by atoms with Gasteiger partial charge in [-0.15, -0.1) is 0 Å². The topological polar surface area (TPSA) is 13.1 Å². The van der Waals surface area contributed by atoms with Crippen molar-refractivity contribution in [2.24, 2.45) is 0 Å². The van der Waals surface area contributed by atoms with Gasteiger partial charge in [0, 0.05) is 26.8 Å². The fraction of sp³-hybridized carbons (Fsp3) is 0.320. The Morgan fingerprint density at radius 2 is 1.26 bits per heavy atom. The van der Waals surface area contributed by atoms with Crippen molar-refractivity contribution in [3.63, 3.8) is 0 Å². The third kappa shape index (κ3) is 3.03. The van der Waals surface area contributed by atoms with E-state index in [1.54, 1.807) is 0 Å². The lowest BCUT2D eigenvalue weighted by molar-refractivity contribution is -0.729. The molecule has 0 atom stereocenters. The lowest BCUT2D eigenvalue weighted by Crippen LogP contribution is -2.50. The first kappa shape index (κ1) is 17.8. The molecule has 27 heavy (non-hydrogen) atoms. The third-order valence-corrected chi connectivity index (χ3v) is 4.90. The van der Waals surface area contributed by atoms with Crippen molar-refractivity contribution in [3.8, 4) is 5.75 Å². The molecule has 4 aromatic rings. The Bertz CT molecular complexity index is 1160. The Balaban J connectivity index is 2.31. The molecule has 1 heterocycles. The molecular weight excluding hydrogens is 330 g/mol. The molecule has 0 aliphatic rings. The maximum absolute atomic E-state index is 6.43. The smallest absolute Gasteiger partial charge is 0.225 e. The lowest BCUT2D eigenvalue weighted by atomic mass is 9.95. The number of nitrogens with zero attached hydrogens (tertiary/aromatic N) is 1. The van der Waals surface area contributed by atoms with E-state index < -0.39 is 0 Å². The van der Waals surface area contributed by atoms with Gasteiger partial charge in [-0.1, -0.05) is 36.4 Å². The molecule has 0 aliphatic heterocycles. The van der Waals surface area contributed by atoms with E-state index in [-0.39, 0.29) is 11.1 Å². The van der Waals surface area contributed by atoms with E-state index >= 15 is 0 Å². The van der Waals surface area contributed by atoms with Crippen molar-refractivity contribution >= 4 is 32.4 Å². The van der Waals surface area contributed by atoms with Gasteiger partial charge in [0.25, 0.3) is 0 Å². The van der Waals surface area contributed by atoms with Crippen molar-refractivity contribution in [1.29, 1.82) is 0 Å². The van der Waals surface area contributed by atoms with Gasteiger partial charge >= 0.3 is 0 Å². The summed E-state index contributed by atoms with van der Waals surface area (Å²) in [6.45, 7) is 13.1. The van der Waals surface area contributed by atoms with Crippen LogP contribution in [0.2, 0.25) is 0 Å². The Morgan fingerprint density at radius 3 is 1.89 bits per heavy atom. The van der Waals surface area contributed by atoms with Gasteiger partial charge in [0.05, 0.1) is 10.8 Å². The molecule has 0 N–H and O–H groups in total. The minimum absolute atomic E-state index is 0.0380. The van der Waals surface area contributed by atoms with Gasteiger partial charge in [-0.05, 0) is 49.1 Å². The second-order valence-electron chi connectivity index (χ2n) is 9.25. The Labute approximate surface area is 161 Å². The highest BCUT2D eigenvalue weighted by atomic mass is 16.5. The summed E-state index contributed by atoms with van der Waals surface area (Å²) in [7, 11) is 0. The fourth-order valence-electron chi connectivity index (χ4n) is 3.91. The molecule has 0 amide bonds. The SMILES string of the molecule is CC(C)(C)Oc1cccc2c3ccccc3c3ccc[n+](C(C)(C)C)c3c12. The zero-order chi connectivity index (χ0) is 19.4. The predicted molar refractivity (Wildman–Crippen MR) is 115 cm³/mol. The Kier molecular flexibility index (Phi) is 3.92. The van der Waals surface area contributed by atoms with Crippen LogP contribution in [-0.4, -0.2) is 5.60 Å². The molecule has 0 bridgehead atoms. The van der Waals surface area contributed by atoms with Gasteiger partial charge in [0.15, 0.2) is 11.7 Å². The third-order valence-electron chi connectivity index (χ3n) is 4.90. The summed E-state index contributed by atoms with van der Waals surface area (Å²) in [6.07, 6.45) is 2.18. The van der Waals surface area contributed by atoms with E-state index in [4.69, 9.17) is 4.74 Å². The largest absolute Gasteiger partial charge is 0.487 e. The van der Waals surface area contributed by atoms with E-state index in [0.717, 1.165) is 5.75 Å². The first-order valence-electron chi connectivity index (χ1n) is 9.64. The fourth-order valence-corrected chi connectivity index (χ4v) is 3.91. The number of hydrogen-bond acceptors (Lipinski definition) is 1. The van der Waals surface area contributed by atoms with Crippen LogP contribution in [0.15, 0.2) is 60.8 Å². The molecule has 4 rings (SSSR count). The zero-order valence-corrected chi connectivity index (χ0v) is 17.1. The number of fused-ring (bicyclic) bond motifs is 6. The van der Waals surface area contributed by atoms with Crippen LogP contribution in [0.4, 0.5) is 0 Å². The van der Waals surface area contributed by atoms with Crippen molar-refractivity contribution in [2.75, 3.05) is 0 Å². The highest BCUT2D eigenvalue weighted by Crippen LogP contribution is 2.39. The number of hydrogen-bond donors (Lipinski definition) is 0. The second kappa shape index (κ2) is 5.95. The van der Waals surface area contributed by atoms with Crippen molar-refractivity contribution < 1.29 is 9.30 Å². The quantitative estimate of drug-likeness (QED) is 0.285. The van der Waals surface area contributed by atoms with E-state index in [1.807, 2.05) is 0 Å². The first-order valence-corrected chi connectivity index (χ1v) is 9.64. The van der Waals surface area contributed by atoms with Gasteiger partial charge in [-0.25, -0.2) is 0 Å². The summed E-state index contributed by atoms with van der Waals surface area (Å²) < 4.78 is 8.81. The maximum Gasteiger partial charge on any atom is 0.225 e. The normalized spacial score (nSPS) is 12.8. The van der Waals surface area contributed by atoms with E-state index in [9.17, 15) is 0 Å². The van der Waals surface area contributed by atoms with Crippen LogP contribution in [0, 0.1) is 0 Å². The van der Waals surface area contributed by atoms with Crippen LogP contribution in [0.1, 0.15) is 41.5 Å². The lowest BCUT2D eigenvalue weighted by Gasteiger charge is -2.24. The van der Waals surface area contributed by atoms with Gasteiger partial charge in [-0.3, -0.25) is 0 Å². The average molecular weight is 359 g/mol. The molecule has 0 aliphatic carbocycles. The number of aromatic nitrogens is 1. The molecular formula is C25H28NO+. The molecule has 0 saturated carbocycles. The molecule has 0 saturated heterocycles. The summed E-state index contributed by atoms with van der Waals surface area (Å²) >= 11 is 0. The predicted octanol–water partition coefficient (Wildman–Crippen LogP) is 6.37. The molecule has 2 heteroatoms. The molecule has 0 radical (unpaired) electrons. The van der Waals surface area contributed by atoms with Crippen molar-refractivity contribution in [3.05, 3.63) is 60.8 Å². The number of benzene rings is 3. The van der Waals surface area contributed by atoms with Crippen LogP contribution < -0.4 is 9.30 Å². The van der Waals surface area contributed by atoms with Crippen LogP contribution in [0.5, 0.6) is 5.75 Å². The molecule has 1 aromatic heterocycles. The van der Waals surface area contributed by atoms with Gasteiger partial charge in [0.2, 0.25) is 5.52 Å². The molecule has 138 valence electrons. The molecule has 2 nitrogen and oxygen atoms in total. The minimum atomic E-state index is -0.256. The molecule has 3 aromatic carbocycles. The van der Waals surface area contributed by atoms with Crippen LogP contribution in [0.25, 0.3) is 32.4 Å². The number of pyridine rings is 1. The standard InChI is InChI=1S/C25H28NO/c1-24(2,3)26-16-10-14-20-18-12-8-7-11-17(18)19-13-9-15-21(22(19)23(20)26)27-25(4,5)6/h7-16H,1-6H3/q+1. The van der Waals surface area contributed by atoms with Gasteiger partial charge in [-0.2, -0.15) is 4.57 Å². The highest BCUT2D eigenvalue weighted by Gasteiger charge is 2.28. The summed E-state index contributed by atoms with van der Waals surface area (Å²) in [5.74, 6) is 0.944. The minimum Gasteiger partial charge on any atom is -0.487 e. The first-order chi connectivity index (χ1) is 12.7. The second-order valence-corrected chi connectivity index (χ2v) is 9.25.